The molecule has 0 aliphatic heterocycles. The molecule has 0 aliphatic carbocycles. The van der Waals surface area contributed by atoms with Gasteiger partial charge in [-0.2, -0.15) is 22.9 Å². The van der Waals surface area contributed by atoms with Gasteiger partial charge >= 0.3 is 6.18 Å². The predicted molar refractivity (Wildman–Crippen MR) is 79.5 cm³/mol. The minimum atomic E-state index is -4.47. The maximum Gasteiger partial charge on any atom is 0.417 e. The van der Waals surface area contributed by atoms with E-state index in [2.05, 4.69) is 15.3 Å². The second-order valence-corrected chi connectivity index (χ2v) is 4.86. The minimum absolute atomic E-state index is 0.0755. The number of benzene rings is 1. The van der Waals surface area contributed by atoms with Crippen molar-refractivity contribution in [3.05, 3.63) is 58.6 Å². The molecule has 0 saturated carbocycles. The monoisotopic (exact) mass is 338 g/mol. The van der Waals surface area contributed by atoms with Crippen LogP contribution >= 0.6 is 12.2 Å². The molecule has 0 radical (unpaired) electrons. The molecular weight excluding hydrogens is 329 g/mol. The van der Waals surface area contributed by atoms with E-state index in [0.717, 1.165) is 12.3 Å². The maximum absolute atomic E-state index is 13.0. The molecule has 0 fully saturated rings. The normalized spacial score (nSPS) is 12.1. The fourth-order valence-electron chi connectivity index (χ4n) is 1.95. The van der Waals surface area contributed by atoms with E-state index in [1.807, 2.05) is 0 Å². The Hall–Kier alpha value is -2.68. The van der Waals surface area contributed by atoms with Gasteiger partial charge in [-0.3, -0.25) is 0 Å². The van der Waals surface area contributed by atoms with Gasteiger partial charge in [-0.15, -0.1) is 5.10 Å². The predicted octanol–water partition coefficient (Wildman–Crippen LogP) is 4.10. The van der Waals surface area contributed by atoms with Gasteiger partial charge in [-0.25, -0.2) is 5.10 Å². The number of rotatable bonds is 3. The smallest absolute Gasteiger partial charge is 0.417 e. The van der Waals surface area contributed by atoms with Crippen LogP contribution in [0.2, 0.25) is 0 Å². The summed E-state index contributed by atoms with van der Waals surface area (Å²) in [7, 11) is 0. The number of hydrogen-bond donors (Lipinski definition) is 1. The lowest BCUT2D eigenvalue weighted by Gasteiger charge is -2.09. The summed E-state index contributed by atoms with van der Waals surface area (Å²) in [5.74, 6) is 0.652. The van der Waals surface area contributed by atoms with Gasteiger partial charge in [0.2, 0.25) is 10.6 Å². The average molecular weight is 338 g/mol. The number of halogens is 3. The van der Waals surface area contributed by atoms with E-state index in [9.17, 15) is 13.2 Å². The summed E-state index contributed by atoms with van der Waals surface area (Å²) in [6, 6.07) is 8.42. The van der Waals surface area contributed by atoms with Crippen molar-refractivity contribution in [3.8, 4) is 11.6 Å². The van der Waals surface area contributed by atoms with E-state index in [1.165, 1.54) is 29.1 Å². The fourth-order valence-corrected chi connectivity index (χ4v) is 2.13. The van der Waals surface area contributed by atoms with Crippen LogP contribution in [0.25, 0.3) is 11.6 Å². The molecule has 0 saturated heterocycles. The van der Waals surface area contributed by atoms with Crippen molar-refractivity contribution < 1.29 is 17.6 Å². The maximum atomic E-state index is 13.0. The summed E-state index contributed by atoms with van der Waals surface area (Å²) in [5.41, 5.74) is -0.855. The van der Waals surface area contributed by atoms with Gasteiger partial charge in [-0.1, -0.05) is 18.2 Å². The summed E-state index contributed by atoms with van der Waals surface area (Å²) < 4.78 is 45.5. The number of furan rings is 1. The van der Waals surface area contributed by atoms with Crippen molar-refractivity contribution in [3.63, 3.8) is 0 Å². The van der Waals surface area contributed by atoms with Crippen molar-refractivity contribution in [2.75, 3.05) is 0 Å². The molecule has 1 aromatic carbocycles. The molecule has 0 unspecified atom stereocenters. The van der Waals surface area contributed by atoms with Crippen LogP contribution in [-0.4, -0.2) is 21.1 Å². The second-order valence-electron chi connectivity index (χ2n) is 4.47. The van der Waals surface area contributed by atoms with Crippen LogP contribution < -0.4 is 0 Å². The Kier molecular flexibility index (Phi) is 3.87. The lowest BCUT2D eigenvalue weighted by molar-refractivity contribution is -0.137. The third-order valence-corrected chi connectivity index (χ3v) is 3.23. The first-order chi connectivity index (χ1) is 11.0. The van der Waals surface area contributed by atoms with Crippen LogP contribution in [0.3, 0.4) is 0 Å². The van der Waals surface area contributed by atoms with Crippen molar-refractivity contribution in [1.82, 2.24) is 14.9 Å². The Morgan fingerprint density at radius 2 is 2.00 bits per heavy atom. The average Bonchev–Trinajstić information content (AvgIpc) is 3.14. The number of nitrogens with zero attached hydrogens (tertiary/aromatic N) is 3. The van der Waals surface area contributed by atoms with Gasteiger partial charge in [0.1, 0.15) is 0 Å². The summed E-state index contributed by atoms with van der Waals surface area (Å²) in [6.07, 6.45) is -1.94. The van der Waals surface area contributed by atoms with Crippen LogP contribution in [0.1, 0.15) is 11.1 Å². The standard InChI is InChI=1S/C14H9F3N4OS/c15-14(16,17)10-5-2-1-4-9(10)8-18-21-12(19-20-13(21)23)11-6-3-7-22-11/h1-8H,(H,20,23)/b18-8-. The molecule has 2 heterocycles. The molecule has 118 valence electrons. The van der Waals surface area contributed by atoms with E-state index in [0.29, 0.717) is 5.76 Å². The Balaban J connectivity index is 2.03. The van der Waals surface area contributed by atoms with E-state index in [-0.39, 0.29) is 16.2 Å². The highest BCUT2D eigenvalue weighted by Gasteiger charge is 2.32. The molecule has 0 spiro atoms. The quantitative estimate of drug-likeness (QED) is 0.578. The molecule has 23 heavy (non-hydrogen) atoms. The van der Waals surface area contributed by atoms with Gasteiger partial charge in [0.05, 0.1) is 18.0 Å². The number of nitrogens with one attached hydrogen (secondary N) is 1. The molecule has 0 atom stereocenters. The van der Waals surface area contributed by atoms with Gasteiger partial charge in [0, 0.05) is 5.56 Å². The number of aromatic amines is 1. The van der Waals surface area contributed by atoms with Gasteiger partial charge in [-0.05, 0) is 30.4 Å². The number of hydrogen-bond acceptors (Lipinski definition) is 4. The summed E-state index contributed by atoms with van der Waals surface area (Å²) in [6.45, 7) is 0. The highest BCUT2D eigenvalue weighted by molar-refractivity contribution is 7.71. The first-order valence-corrected chi connectivity index (χ1v) is 6.79. The van der Waals surface area contributed by atoms with Gasteiger partial charge < -0.3 is 4.42 Å². The molecule has 3 rings (SSSR count). The molecule has 0 amide bonds. The highest BCUT2D eigenvalue weighted by atomic mass is 32.1. The Labute approximate surface area is 133 Å². The minimum Gasteiger partial charge on any atom is -0.461 e. The molecule has 1 N–H and O–H groups in total. The molecule has 3 aromatic rings. The molecule has 0 bridgehead atoms. The van der Waals surface area contributed by atoms with Crippen LogP contribution in [0.15, 0.2) is 52.2 Å². The molecule has 2 aromatic heterocycles. The van der Waals surface area contributed by atoms with E-state index in [1.54, 1.807) is 12.1 Å². The number of aromatic nitrogens is 3. The second kappa shape index (κ2) is 5.84. The fraction of sp³-hybridized carbons (Fsp3) is 0.0714. The van der Waals surface area contributed by atoms with Crippen molar-refractivity contribution in [2.45, 2.75) is 6.18 Å². The van der Waals surface area contributed by atoms with Crippen LogP contribution in [0, 0.1) is 4.77 Å². The Bertz CT molecular complexity index is 893. The molecule has 9 heteroatoms. The Morgan fingerprint density at radius 3 is 2.70 bits per heavy atom. The summed E-state index contributed by atoms with van der Waals surface area (Å²) >= 11 is 5.04. The first-order valence-electron chi connectivity index (χ1n) is 6.38. The number of alkyl halides is 3. The SMILES string of the molecule is FC(F)(F)c1ccccc1/C=N\n1c(-c2ccco2)n[nH]c1=S. The molecule has 5 nitrogen and oxygen atoms in total. The van der Waals surface area contributed by atoms with E-state index >= 15 is 0 Å². The zero-order valence-corrected chi connectivity index (χ0v) is 12.2. The first kappa shape index (κ1) is 15.2. The van der Waals surface area contributed by atoms with Gasteiger partial charge in [0.15, 0.2) is 5.76 Å². The lowest BCUT2D eigenvalue weighted by atomic mass is 10.1. The van der Waals surface area contributed by atoms with E-state index in [4.69, 9.17) is 16.6 Å². The van der Waals surface area contributed by atoms with Crippen LogP contribution in [0.4, 0.5) is 13.2 Å². The summed E-state index contributed by atoms with van der Waals surface area (Å²) in [4.78, 5) is 0. The van der Waals surface area contributed by atoms with Crippen LogP contribution in [-0.2, 0) is 6.18 Å². The topological polar surface area (TPSA) is 59.1 Å². The highest BCUT2D eigenvalue weighted by Crippen LogP contribution is 2.31. The van der Waals surface area contributed by atoms with Crippen molar-refractivity contribution in [2.24, 2.45) is 5.10 Å². The third-order valence-electron chi connectivity index (χ3n) is 2.97. The number of H-pyrrole nitrogens is 1. The largest absolute Gasteiger partial charge is 0.461 e. The van der Waals surface area contributed by atoms with Gasteiger partial charge in [0.25, 0.3) is 0 Å². The molecular formula is C14H9F3N4OS. The lowest BCUT2D eigenvalue weighted by Crippen LogP contribution is -2.09. The summed E-state index contributed by atoms with van der Waals surface area (Å²) in [5, 5.41) is 10.5. The van der Waals surface area contributed by atoms with Crippen molar-refractivity contribution in [1.29, 1.82) is 0 Å². The van der Waals surface area contributed by atoms with Crippen molar-refractivity contribution >= 4 is 18.4 Å². The zero-order valence-electron chi connectivity index (χ0n) is 11.4. The Morgan fingerprint density at radius 1 is 1.22 bits per heavy atom. The van der Waals surface area contributed by atoms with E-state index < -0.39 is 11.7 Å². The zero-order chi connectivity index (χ0) is 16.4. The van der Waals surface area contributed by atoms with Crippen LogP contribution in [0.5, 0.6) is 0 Å². The third kappa shape index (κ3) is 3.09. The molecule has 0 aliphatic rings.